The van der Waals surface area contributed by atoms with Crippen molar-refractivity contribution in [3.8, 4) is 0 Å². The topological polar surface area (TPSA) is 33.1 Å². The SMILES string of the molecule is OC(c1cncc(F)c1)c1cc(Cl)ccc1Br. The third-order valence-corrected chi connectivity index (χ3v) is 3.25. The number of hydrogen-bond acceptors (Lipinski definition) is 2. The quantitative estimate of drug-likeness (QED) is 0.916. The highest BCUT2D eigenvalue weighted by atomic mass is 79.9. The molecule has 1 N–H and O–H groups in total. The number of rotatable bonds is 2. The first kappa shape index (κ1) is 12.5. The van der Waals surface area contributed by atoms with Crippen molar-refractivity contribution in [2.24, 2.45) is 0 Å². The normalized spacial score (nSPS) is 12.5. The van der Waals surface area contributed by atoms with E-state index in [0.717, 1.165) is 6.20 Å². The third kappa shape index (κ3) is 2.83. The van der Waals surface area contributed by atoms with Gasteiger partial charge in [0.1, 0.15) is 11.9 Å². The standard InChI is InChI=1S/C12H8BrClFNO/c13-11-2-1-8(14)4-10(11)12(17)7-3-9(15)6-16-5-7/h1-6,12,17H. The van der Waals surface area contributed by atoms with Crippen LogP contribution in [0.4, 0.5) is 4.39 Å². The maximum atomic E-state index is 13.0. The van der Waals surface area contributed by atoms with E-state index < -0.39 is 11.9 Å². The molecule has 0 amide bonds. The van der Waals surface area contributed by atoms with Crippen LogP contribution in [0.3, 0.4) is 0 Å². The smallest absolute Gasteiger partial charge is 0.141 e. The van der Waals surface area contributed by atoms with E-state index in [1.807, 2.05) is 0 Å². The van der Waals surface area contributed by atoms with Gasteiger partial charge in [0.05, 0.1) is 6.20 Å². The van der Waals surface area contributed by atoms with Gasteiger partial charge in [0.15, 0.2) is 0 Å². The second-order valence-corrected chi connectivity index (χ2v) is 4.80. The predicted octanol–water partition coefficient (Wildman–Crippen LogP) is 3.72. The van der Waals surface area contributed by atoms with Crippen LogP contribution in [-0.4, -0.2) is 10.1 Å². The maximum Gasteiger partial charge on any atom is 0.141 e. The van der Waals surface area contributed by atoms with Crippen LogP contribution in [0.5, 0.6) is 0 Å². The van der Waals surface area contributed by atoms with Crippen LogP contribution < -0.4 is 0 Å². The number of halogens is 3. The van der Waals surface area contributed by atoms with Gasteiger partial charge >= 0.3 is 0 Å². The molecule has 1 aromatic heterocycles. The van der Waals surface area contributed by atoms with Crippen molar-refractivity contribution in [3.63, 3.8) is 0 Å². The van der Waals surface area contributed by atoms with Crippen LogP contribution in [0.1, 0.15) is 17.2 Å². The van der Waals surface area contributed by atoms with Gasteiger partial charge in [-0.25, -0.2) is 4.39 Å². The molecule has 2 rings (SSSR count). The summed E-state index contributed by atoms with van der Waals surface area (Å²) in [5.41, 5.74) is 0.956. The molecule has 0 radical (unpaired) electrons. The van der Waals surface area contributed by atoms with Gasteiger partial charge in [0.25, 0.3) is 0 Å². The van der Waals surface area contributed by atoms with E-state index in [-0.39, 0.29) is 0 Å². The fourth-order valence-corrected chi connectivity index (χ4v) is 2.13. The minimum atomic E-state index is -0.966. The molecule has 0 fully saturated rings. The average molecular weight is 317 g/mol. The number of benzene rings is 1. The molecule has 17 heavy (non-hydrogen) atoms. The first-order chi connectivity index (χ1) is 8.08. The van der Waals surface area contributed by atoms with E-state index in [1.165, 1.54) is 12.3 Å². The highest BCUT2D eigenvalue weighted by Crippen LogP contribution is 2.30. The van der Waals surface area contributed by atoms with Gasteiger partial charge in [-0.2, -0.15) is 0 Å². The van der Waals surface area contributed by atoms with Crippen LogP contribution in [-0.2, 0) is 0 Å². The van der Waals surface area contributed by atoms with Gasteiger partial charge in [-0.3, -0.25) is 4.98 Å². The molecular formula is C12H8BrClFNO. The van der Waals surface area contributed by atoms with E-state index in [1.54, 1.807) is 18.2 Å². The van der Waals surface area contributed by atoms with Crippen molar-refractivity contribution in [2.75, 3.05) is 0 Å². The largest absolute Gasteiger partial charge is 0.384 e. The molecule has 0 saturated carbocycles. The highest BCUT2D eigenvalue weighted by Gasteiger charge is 2.15. The number of hydrogen-bond donors (Lipinski definition) is 1. The zero-order valence-electron chi connectivity index (χ0n) is 8.57. The van der Waals surface area contributed by atoms with Gasteiger partial charge in [-0.1, -0.05) is 27.5 Å². The van der Waals surface area contributed by atoms with Crippen molar-refractivity contribution < 1.29 is 9.50 Å². The minimum absolute atomic E-state index is 0.382. The second kappa shape index (κ2) is 5.12. The average Bonchev–Trinajstić information content (AvgIpc) is 2.31. The van der Waals surface area contributed by atoms with E-state index >= 15 is 0 Å². The van der Waals surface area contributed by atoms with Gasteiger partial charge < -0.3 is 5.11 Å². The monoisotopic (exact) mass is 315 g/mol. The molecular weight excluding hydrogens is 308 g/mol. The van der Waals surface area contributed by atoms with Crippen LogP contribution in [0.2, 0.25) is 5.02 Å². The summed E-state index contributed by atoms with van der Waals surface area (Å²) in [6.07, 6.45) is 1.54. The van der Waals surface area contributed by atoms with Gasteiger partial charge in [-0.15, -0.1) is 0 Å². The van der Waals surface area contributed by atoms with E-state index in [9.17, 15) is 9.50 Å². The fourth-order valence-electron chi connectivity index (χ4n) is 1.48. The zero-order chi connectivity index (χ0) is 12.4. The Hall–Kier alpha value is -0.970. The molecule has 1 heterocycles. The maximum absolute atomic E-state index is 13.0. The highest BCUT2D eigenvalue weighted by molar-refractivity contribution is 9.10. The number of pyridine rings is 1. The molecule has 1 unspecified atom stereocenters. The summed E-state index contributed by atoms with van der Waals surface area (Å²) in [7, 11) is 0. The van der Waals surface area contributed by atoms with Crippen molar-refractivity contribution in [1.82, 2.24) is 4.98 Å². The Morgan fingerprint density at radius 3 is 2.76 bits per heavy atom. The zero-order valence-corrected chi connectivity index (χ0v) is 10.9. The fraction of sp³-hybridized carbons (Fsp3) is 0.0833. The predicted molar refractivity (Wildman–Crippen MR) is 67.4 cm³/mol. The van der Waals surface area contributed by atoms with Gasteiger partial charge in [0.2, 0.25) is 0 Å². The third-order valence-electron chi connectivity index (χ3n) is 2.29. The first-order valence-corrected chi connectivity index (χ1v) is 5.98. The molecule has 5 heteroatoms. The Kier molecular flexibility index (Phi) is 3.76. The number of nitrogens with zero attached hydrogens (tertiary/aromatic N) is 1. The summed E-state index contributed by atoms with van der Waals surface area (Å²) in [6.45, 7) is 0. The van der Waals surface area contributed by atoms with Crippen LogP contribution in [0, 0.1) is 5.82 Å². The summed E-state index contributed by atoms with van der Waals surface area (Å²) >= 11 is 9.17. The molecule has 0 aliphatic heterocycles. The summed E-state index contributed by atoms with van der Waals surface area (Å²) in [4.78, 5) is 3.70. The van der Waals surface area contributed by atoms with E-state index in [2.05, 4.69) is 20.9 Å². The Balaban J connectivity index is 2.43. The summed E-state index contributed by atoms with van der Waals surface area (Å²) in [5, 5.41) is 10.6. The Labute approximate surface area is 111 Å². The first-order valence-electron chi connectivity index (χ1n) is 4.81. The molecule has 0 aliphatic carbocycles. The molecule has 1 aromatic carbocycles. The molecule has 0 saturated heterocycles. The molecule has 88 valence electrons. The van der Waals surface area contributed by atoms with Gasteiger partial charge in [0, 0.05) is 26.8 Å². The summed E-state index contributed by atoms with van der Waals surface area (Å²) in [6, 6.07) is 6.30. The number of aromatic nitrogens is 1. The Bertz CT molecular complexity index is 550. The van der Waals surface area contributed by atoms with Crippen molar-refractivity contribution >= 4 is 27.5 Å². The second-order valence-electron chi connectivity index (χ2n) is 3.50. The summed E-state index contributed by atoms with van der Waals surface area (Å²) in [5.74, 6) is -0.486. The molecule has 0 aliphatic rings. The number of aliphatic hydroxyl groups is 1. The van der Waals surface area contributed by atoms with Crippen molar-refractivity contribution in [3.05, 3.63) is 63.1 Å². The van der Waals surface area contributed by atoms with E-state index in [0.29, 0.717) is 20.6 Å². The Morgan fingerprint density at radius 1 is 1.29 bits per heavy atom. The summed E-state index contributed by atoms with van der Waals surface area (Å²) < 4.78 is 13.7. The lowest BCUT2D eigenvalue weighted by molar-refractivity contribution is 0.218. The molecule has 2 aromatic rings. The molecule has 2 nitrogen and oxygen atoms in total. The Morgan fingerprint density at radius 2 is 2.06 bits per heavy atom. The molecule has 0 bridgehead atoms. The molecule has 0 spiro atoms. The van der Waals surface area contributed by atoms with Crippen LogP contribution >= 0.6 is 27.5 Å². The lowest BCUT2D eigenvalue weighted by Gasteiger charge is -2.13. The van der Waals surface area contributed by atoms with Crippen molar-refractivity contribution in [1.29, 1.82) is 0 Å². The minimum Gasteiger partial charge on any atom is -0.384 e. The van der Waals surface area contributed by atoms with Gasteiger partial charge in [-0.05, 0) is 24.3 Å². The number of aliphatic hydroxyl groups excluding tert-OH is 1. The van der Waals surface area contributed by atoms with Crippen LogP contribution in [0.25, 0.3) is 0 Å². The van der Waals surface area contributed by atoms with E-state index in [4.69, 9.17) is 11.6 Å². The van der Waals surface area contributed by atoms with Crippen LogP contribution in [0.15, 0.2) is 41.1 Å². The van der Waals surface area contributed by atoms with Crippen molar-refractivity contribution in [2.45, 2.75) is 6.10 Å². The lowest BCUT2D eigenvalue weighted by atomic mass is 10.0. The molecule has 1 atom stereocenters. The lowest BCUT2D eigenvalue weighted by Crippen LogP contribution is -2.02.